The molecule has 18 heavy (non-hydrogen) atoms. The first kappa shape index (κ1) is 14.4. The summed E-state index contributed by atoms with van der Waals surface area (Å²) in [6, 6.07) is 15.9. The first-order valence-corrected chi connectivity index (χ1v) is 6.89. The molecule has 0 aliphatic heterocycles. The predicted molar refractivity (Wildman–Crippen MR) is 72.2 cm³/mol. The lowest BCUT2D eigenvalue weighted by Gasteiger charge is -1.92. The molecule has 0 heterocycles. The van der Waals surface area contributed by atoms with Crippen LogP contribution in [0.3, 0.4) is 0 Å². The fraction of sp³-hybridized carbons (Fsp3) is 0.143. The largest absolute Gasteiger partial charge is 0.294 e. The molecule has 2 rings (SSSR count). The minimum Gasteiger partial charge on any atom is -0.282 e. The maximum absolute atomic E-state index is 10.4. The summed E-state index contributed by atoms with van der Waals surface area (Å²) in [5.41, 5.74) is 2.66. The lowest BCUT2D eigenvalue weighted by molar-refractivity contribution is 0.483. The van der Waals surface area contributed by atoms with E-state index in [2.05, 4.69) is 38.1 Å². The van der Waals surface area contributed by atoms with E-state index in [1.54, 1.807) is 18.2 Å². The molecular formula is C14H16O3S. The maximum atomic E-state index is 10.4. The zero-order valence-corrected chi connectivity index (χ0v) is 11.2. The van der Waals surface area contributed by atoms with Crippen molar-refractivity contribution in [1.29, 1.82) is 0 Å². The van der Waals surface area contributed by atoms with Crippen molar-refractivity contribution in [2.45, 2.75) is 18.7 Å². The molecule has 0 aromatic heterocycles. The van der Waals surface area contributed by atoms with Crippen LogP contribution in [0.5, 0.6) is 0 Å². The second-order valence-corrected chi connectivity index (χ2v) is 5.36. The van der Waals surface area contributed by atoms with Crippen molar-refractivity contribution >= 4 is 10.1 Å². The monoisotopic (exact) mass is 264 g/mol. The molecule has 0 aliphatic carbocycles. The van der Waals surface area contributed by atoms with Crippen molar-refractivity contribution in [3.8, 4) is 0 Å². The van der Waals surface area contributed by atoms with Gasteiger partial charge in [0.2, 0.25) is 0 Å². The molecule has 2 aromatic rings. The average molecular weight is 264 g/mol. The molecule has 1 N–H and O–H groups in total. The normalized spacial score (nSPS) is 10.4. The van der Waals surface area contributed by atoms with Gasteiger partial charge in [0.1, 0.15) is 0 Å². The SMILES string of the molecule is Cc1ccc(C)cc1.O=S(=O)(O)c1ccccc1. The van der Waals surface area contributed by atoms with Crippen LogP contribution >= 0.6 is 0 Å². The van der Waals surface area contributed by atoms with Gasteiger partial charge in [-0.25, -0.2) is 0 Å². The number of benzene rings is 2. The van der Waals surface area contributed by atoms with Gasteiger partial charge < -0.3 is 0 Å². The van der Waals surface area contributed by atoms with Gasteiger partial charge >= 0.3 is 0 Å². The summed E-state index contributed by atoms with van der Waals surface area (Å²) in [7, 11) is -4.00. The fourth-order valence-corrected chi connectivity index (χ4v) is 1.73. The number of rotatable bonds is 1. The van der Waals surface area contributed by atoms with Gasteiger partial charge in [0.25, 0.3) is 10.1 Å². The molecule has 0 bridgehead atoms. The van der Waals surface area contributed by atoms with Crippen LogP contribution in [0.15, 0.2) is 59.5 Å². The molecule has 3 nitrogen and oxygen atoms in total. The van der Waals surface area contributed by atoms with E-state index in [-0.39, 0.29) is 4.90 Å². The number of aryl methyl sites for hydroxylation is 2. The summed E-state index contributed by atoms with van der Waals surface area (Å²) in [6.07, 6.45) is 0. The van der Waals surface area contributed by atoms with Gasteiger partial charge in [0.05, 0.1) is 4.90 Å². The average Bonchev–Trinajstić information content (AvgIpc) is 2.34. The molecule has 0 atom stereocenters. The summed E-state index contributed by atoms with van der Waals surface area (Å²) in [6.45, 7) is 4.19. The third-order valence-corrected chi connectivity index (χ3v) is 3.13. The summed E-state index contributed by atoms with van der Waals surface area (Å²) in [5, 5.41) is 0. The highest BCUT2D eigenvalue weighted by molar-refractivity contribution is 7.85. The van der Waals surface area contributed by atoms with Crippen LogP contribution in [0.1, 0.15) is 11.1 Å². The van der Waals surface area contributed by atoms with Crippen LogP contribution in [0.25, 0.3) is 0 Å². The van der Waals surface area contributed by atoms with E-state index in [1.165, 1.54) is 23.3 Å². The van der Waals surface area contributed by atoms with Crippen molar-refractivity contribution in [3.05, 3.63) is 65.7 Å². The Kier molecular flexibility index (Phi) is 5.07. The molecule has 2 aromatic carbocycles. The van der Waals surface area contributed by atoms with Crippen LogP contribution in [0.2, 0.25) is 0 Å². The first-order chi connectivity index (χ1) is 8.39. The third kappa shape index (κ3) is 5.12. The smallest absolute Gasteiger partial charge is 0.282 e. The Balaban J connectivity index is 0.000000184. The molecule has 0 fully saturated rings. The van der Waals surface area contributed by atoms with Crippen molar-refractivity contribution in [1.82, 2.24) is 0 Å². The number of hydrogen-bond donors (Lipinski definition) is 1. The lowest BCUT2D eigenvalue weighted by atomic mass is 10.2. The van der Waals surface area contributed by atoms with E-state index >= 15 is 0 Å². The highest BCUT2D eigenvalue weighted by Crippen LogP contribution is 2.05. The van der Waals surface area contributed by atoms with Crippen molar-refractivity contribution in [3.63, 3.8) is 0 Å². The maximum Gasteiger partial charge on any atom is 0.294 e. The van der Waals surface area contributed by atoms with Gasteiger partial charge in [-0.05, 0) is 26.0 Å². The van der Waals surface area contributed by atoms with Gasteiger partial charge in [0.15, 0.2) is 0 Å². The summed E-state index contributed by atoms with van der Waals surface area (Å²) >= 11 is 0. The van der Waals surface area contributed by atoms with E-state index in [4.69, 9.17) is 4.55 Å². The molecule has 96 valence electrons. The minimum atomic E-state index is -4.00. The van der Waals surface area contributed by atoms with Crippen molar-refractivity contribution < 1.29 is 13.0 Å². The zero-order chi connectivity index (χ0) is 13.6. The van der Waals surface area contributed by atoms with Crippen molar-refractivity contribution in [2.75, 3.05) is 0 Å². The quantitative estimate of drug-likeness (QED) is 0.804. The predicted octanol–water partition coefficient (Wildman–Crippen LogP) is 3.24. The summed E-state index contributed by atoms with van der Waals surface area (Å²) in [4.78, 5) is -0.0741. The molecule has 0 unspecified atom stereocenters. The van der Waals surface area contributed by atoms with E-state index < -0.39 is 10.1 Å². The Morgan fingerprint density at radius 2 is 1.17 bits per heavy atom. The van der Waals surface area contributed by atoms with E-state index in [0.717, 1.165) is 0 Å². The van der Waals surface area contributed by atoms with Crippen LogP contribution < -0.4 is 0 Å². The molecule has 0 amide bonds. The van der Waals surface area contributed by atoms with Crippen LogP contribution in [0, 0.1) is 13.8 Å². The Labute approximate surface area is 108 Å². The molecule has 0 saturated heterocycles. The second kappa shape index (κ2) is 6.33. The topological polar surface area (TPSA) is 54.4 Å². The van der Waals surface area contributed by atoms with Gasteiger partial charge in [-0.1, -0.05) is 53.6 Å². The summed E-state index contributed by atoms with van der Waals surface area (Å²) in [5.74, 6) is 0. The van der Waals surface area contributed by atoms with E-state index in [1.807, 2.05) is 0 Å². The highest BCUT2D eigenvalue weighted by atomic mass is 32.2. The minimum absolute atomic E-state index is 0.0741. The second-order valence-electron chi connectivity index (χ2n) is 3.94. The first-order valence-electron chi connectivity index (χ1n) is 5.45. The molecule has 4 heteroatoms. The Bertz CT molecular complexity index is 551. The third-order valence-electron chi connectivity index (χ3n) is 2.26. The Morgan fingerprint density at radius 3 is 1.44 bits per heavy atom. The Hall–Kier alpha value is -1.65. The Morgan fingerprint density at radius 1 is 0.778 bits per heavy atom. The van der Waals surface area contributed by atoms with Crippen LogP contribution in [-0.4, -0.2) is 13.0 Å². The standard InChI is InChI=1S/C8H10.C6H6O3S/c1-7-3-5-8(2)6-4-7;7-10(8,9)6-4-2-1-3-5-6/h3-6H,1-2H3;1-5H,(H,7,8,9). The van der Waals surface area contributed by atoms with Gasteiger partial charge in [-0.15, -0.1) is 0 Å². The fourth-order valence-electron chi connectivity index (χ4n) is 1.23. The van der Waals surface area contributed by atoms with E-state index in [0.29, 0.717) is 0 Å². The molecule has 0 spiro atoms. The molecule has 0 radical (unpaired) electrons. The molecule has 0 aliphatic rings. The lowest BCUT2D eigenvalue weighted by Crippen LogP contribution is -1.96. The zero-order valence-electron chi connectivity index (χ0n) is 10.4. The van der Waals surface area contributed by atoms with Gasteiger partial charge in [-0.2, -0.15) is 8.42 Å². The van der Waals surface area contributed by atoms with Crippen LogP contribution in [-0.2, 0) is 10.1 Å². The van der Waals surface area contributed by atoms with E-state index in [9.17, 15) is 8.42 Å². The summed E-state index contributed by atoms with van der Waals surface area (Å²) < 4.78 is 29.2. The molecular weight excluding hydrogens is 248 g/mol. The number of hydrogen-bond acceptors (Lipinski definition) is 2. The highest BCUT2D eigenvalue weighted by Gasteiger charge is 2.05. The van der Waals surface area contributed by atoms with Crippen LogP contribution in [0.4, 0.5) is 0 Å². The van der Waals surface area contributed by atoms with Gasteiger partial charge in [0, 0.05) is 0 Å². The molecule has 0 saturated carbocycles. The van der Waals surface area contributed by atoms with Crippen molar-refractivity contribution in [2.24, 2.45) is 0 Å². The van der Waals surface area contributed by atoms with Gasteiger partial charge in [-0.3, -0.25) is 4.55 Å².